The van der Waals surface area contributed by atoms with Crippen molar-refractivity contribution in [3.63, 3.8) is 0 Å². The summed E-state index contributed by atoms with van der Waals surface area (Å²) in [6, 6.07) is 54.1. The highest BCUT2D eigenvalue weighted by atomic mass is 32.1. The zero-order valence-electron chi connectivity index (χ0n) is 26.2. The van der Waals surface area contributed by atoms with Crippen molar-refractivity contribution in [2.45, 2.75) is 0 Å². The van der Waals surface area contributed by atoms with Crippen LogP contribution in [-0.4, -0.2) is 15.0 Å². The number of hydrogen-bond donors (Lipinski definition) is 0. The normalized spacial score (nSPS) is 12.1. The number of hydrogen-bond acceptors (Lipinski definition) is 4. The third-order valence-electron chi connectivity index (χ3n) is 10.1. The van der Waals surface area contributed by atoms with Crippen LogP contribution in [0, 0.1) is 0 Å². The van der Waals surface area contributed by atoms with E-state index < -0.39 is 0 Å². The van der Waals surface area contributed by atoms with Crippen LogP contribution in [0.2, 0.25) is 0 Å². The Kier molecular flexibility index (Phi) is 5.54. The fourth-order valence-corrected chi connectivity index (χ4v) is 9.19. The molecule has 0 saturated heterocycles. The number of benzene rings is 8. The maximum absolute atomic E-state index is 5.31. The molecule has 2 heterocycles. The van der Waals surface area contributed by atoms with Gasteiger partial charge in [-0.25, -0.2) is 15.0 Å². The van der Waals surface area contributed by atoms with E-state index in [0.29, 0.717) is 17.5 Å². The van der Waals surface area contributed by atoms with Crippen LogP contribution in [0.1, 0.15) is 0 Å². The monoisotopic (exact) mass is 639 g/mol. The molecule has 0 amide bonds. The van der Waals surface area contributed by atoms with E-state index in [1.807, 2.05) is 29.5 Å². The van der Waals surface area contributed by atoms with Gasteiger partial charge in [0.2, 0.25) is 0 Å². The van der Waals surface area contributed by atoms with Gasteiger partial charge in [-0.3, -0.25) is 0 Å². The number of aromatic nitrogens is 3. The van der Waals surface area contributed by atoms with Crippen molar-refractivity contribution in [1.29, 1.82) is 0 Å². The lowest BCUT2D eigenvalue weighted by Crippen LogP contribution is -2.01. The first kappa shape index (κ1) is 26.8. The van der Waals surface area contributed by atoms with Gasteiger partial charge < -0.3 is 0 Å². The van der Waals surface area contributed by atoms with Crippen LogP contribution in [0.4, 0.5) is 0 Å². The van der Waals surface area contributed by atoms with Gasteiger partial charge >= 0.3 is 0 Å². The first-order chi connectivity index (χ1) is 24.3. The second-order valence-electron chi connectivity index (χ2n) is 12.7. The number of fused-ring (bicyclic) bond motifs is 10. The van der Waals surface area contributed by atoms with Gasteiger partial charge in [0.25, 0.3) is 0 Å². The summed E-state index contributed by atoms with van der Waals surface area (Å²) >= 11 is 1.85. The van der Waals surface area contributed by atoms with Gasteiger partial charge in [0, 0.05) is 42.2 Å². The quantitative estimate of drug-likeness (QED) is 0.181. The van der Waals surface area contributed by atoms with E-state index >= 15 is 0 Å². The van der Waals surface area contributed by atoms with E-state index in [2.05, 4.69) is 133 Å². The molecule has 1 aliphatic carbocycles. The van der Waals surface area contributed by atoms with Crippen molar-refractivity contribution < 1.29 is 0 Å². The van der Waals surface area contributed by atoms with E-state index in [1.165, 1.54) is 69.4 Å². The Bertz CT molecular complexity index is 2970. The van der Waals surface area contributed by atoms with Crippen molar-refractivity contribution in [3.05, 3.63) is 152 Å². The number of thiophene rings is 1. The second kappa shape index (κ2) is 10.1. The molecule has 11 rings (SSSR count). The van der Waals surface area contributed by atoms with Crippen molar-refractivity contribution in [2.24, 2.45) is 0 Å². The van der Waals surface area contributed by atoms with Gasteiger partial charge in [0.15, 0.2) is 17.5 Å². The first-order valence-corrected chi connectivity index (χ1v) is 17.4. The standard InChI is InChI=1S/C45H25N3S/c1-2-11-28(12-3-1)43-46-44(35-25-24-34-31-15-7-6-14-30(31)32-16-8-17-33(35)40(32)34)48-45(47-43)37-18-9-19-38-41(37)36-23-22-27-21-20-26-10-4-5-13-29(26)39(27)42(36)49-38/h1-25H. The molecule has 0 saturated carbocycles. The molecule has 0 N–H and O–H groups in total. The zero-order valence-corrected chi connectivity index (χ0v) is 27.0. The molecule has 0 radical (unpaired) electrons. The second-order valence-corrected chi connectivity index (χ2v) is 13.8. The fourth-order valence-electron chi connectivity index (χ4n) is 7.89. The summed E-state index contributed by atoms with van der Waals surface area (Å²) in [5, 5.41) is 9.91. The Morgan fingerprint density at radius 2 is 0.939 bits per heavy atom. The van der Waals surface area contributed by atoms with Gasteiger partial charge in [0.05, 0.1) is 0 Å². The molecule has 0 spiro atoms. The van der Waals surface area contributed by atoms with E-state index in [1.54, 1.807) is 0 Å². The molecule has 49 heavy (non-hydrogen) atoms. The molecule has 226 valence electrons. The summed E-state index contributed by atoms with van der Waals surface area (Å²) in [5.41, 5.74) is 8.06. The van der Waals surface area contributed by atoms with E-state index in [-0.39, 0.29) is 0 Å². The molecule has 1 aliphatic rings. The minimum atomic E-state index is 0.667. The Morgan fingerprint density at radius 3 is 1.82 bits per heavy atom. The molecule has 4 heteroatoms. The molecule has 0 bridgehead atoms. The molecule has 3 nitrogen and oxygen atoms in total. The summed E-state index contributed by atoms with van der Waals surface area (Å²) in [5.74, 6) is 2.02. The summed E-state index contributed by atoms with van der Waals surface area (Å²) in [7, 11) is 0. The van der Waals surface area contributed by atoms with Crippen LogP contribution in [-0.2, 0) is 0 Å². The summed E-state index contributed by atoms with van der Waals surface area (Å²) < 4.78 is 2.51. The van der Waals surface area contributed by atoms with Crippen molar-refractivity contribution >= 4 is 63.8 Å². The Morgan fingerprint density at radius 1 is 0.327 bits per heavy atom. The molecule has 8 aromatic carbocycles. The number of nitrogens with zero attached hydrogens (tertiary/aromatic N) is 3. The van der Waals surface area contributed by atoms with E-state index in [4.69, 9.17) is 15.0 Å². The fraction of sp³-hybridized carbons (Fsp3) is 0. The highest BCUT2D eigenvalue weighted by molar-refractivity contribution is 7.27. The molecule has 0 unspecified atom stereocenters. The predicted octanol–water partition coefficient (Wildman–Crippen LogP) is 12.3. The molecular formula is C45H25N3S. The van der Waals surface area contributed by atoms with Gasteiger partial charge in [-0.15, -0.1) is 11.3 Å². The highest BCUT2D eigenvalue weighted by Crippen LogP contribution is 2.49. The van der Waals surface area contributed by atoms with E-state index in [9.17, 15) is 0 Å². The maximum atomic E-state index is 5.31. The summed E-state index contributed by atoms with van der Waals surface area (Å²) in [4.78, 5) is 15.7. The van der Waals surface area contributed by atoms with Crippen LogP contribution >= 0.6 is 11.3 Å². The van der Waals surface area contributed by atoms with Gasteiger partial charge in [-0.05, 0) is 61.3 Å². The topological polar surface area (TPSA) is 38.7 Å². The van der Waals surface area contributed by atoms with Gasteiger partial charge in [-0.2, -0.15) is 0 Å². The predicted molar refractivity (Wildman–Crippen MR) is 206 cm³/mol. The van der Waals surface area contributed by atoms with Crippen LogP contribution in [0.25, 0.3) is 109 Å². The average molecular weight is 640 g/mol. The minimum absolute atomic E-state index is 0.667. The van der Waals surface area contributed by atoms with E-state index in [0.717, 1.165) is 22.1 Å². The third-order valence-corrected chi connectivity index (χ3v) is 11.3. The molecule has 2 aromatic heterocycles. The summed E-state index contributed by atoms with van der Waals surface area (Å²) in [6.07, 6.45) is 0. The zero-order chi connectivity index (χ0) is 32.1. The molecule has 0 fully saturated rings. The van der Waals surface area contributed by atoms with Gasteiger partial charge in [-0.1, -0.05) is 140 Å². The lowest BCUT2D eigenvalue weighted by Gasteiger charge is -2.12. The van der Waals surface area contributed by atoms with Crippen LogP contribution < -0.4 is 0 Å². The van der Waals surface area contributed by atoms with Gasteiger partial charge in [0.1, 0.15) is 0 Å². The van der Waals surface area contributed by atoms with Crippen molar-refractivity contribution in [2.75, 3.05) is 0 Å². The third kappa shape index (κ3) is 3.86. The lowest BCUT2D eigenvalue weighted by molar-refractivity contribution is 1.08. The smallest absolute Gasteiger partial charge is 0.164 e. The number of rotatable bonds is 3. The maximum Gasteiger partial charge on any atom is 0.164 e. The first-order valence-electron chi connectivity index (χ1n) is 16.5. The Labute approximate surface area is 285 Å². The lowest BCUT2D eigenvalue weighted by atomic mass is 9.97. The molecule has 10 aromatic rings. The van der Waals surface area contributed by atoms with Crippen LogP contribution in [0.3, 0.4) is 0 Å². The van der Waals surface area contributed by atoms with Crippen LogP contribution in [0.5, 0.6) is 0 Å². The molecular weight excluding hydrogens is 615 g/mol. The van der Waals surface area contributed by atoms with Crippen molar-refractivity contribution in [1.82, 2.24) is 15.0 Å². The Balaban J connectivity index is 1.20. The van der Waals surface area contributed by atoms with Crippen molar-refractivity contribution in [3.8, 4) is 56.4 Å². The molecule has 0 aliphatic heterocycles. The van der Waals surface area contributed by atoms with Crippen LogP contribution in [0.15, 0.2) is 152 Å². The Hall–Kier alpha value is -6.23. The SMILES string of the molecule is c1ccc(-c2nc(-c3ccc4c5c(cccc35)-c3ccccc3-4)nc(-c3cccc4sc5c(ccc6ccc7ccccc7c65)c34)n2)cc1. The summed E-state index contributed by atoms with van der Waals surface area (Å²) in [6.45, 7) is 0. The highest BCUT2D eigenvalue weighted by Gasteiger charge is 2.24. The average Bonchev–Trinajstić information content (AvgIpc) is 3.72. The minimum Gasteiger partial charge on any atom is -0.208 e. The largest absolute Gasteiger partial charge is 0.208 e. The molecule has 0 atom stereocenters.